The van der Waals surface area contributed by atoms with Gasteiger partial charge in [0, 0.05) is 6.04 Å². The minimum atomic E-state index is 0.655. The van der Waals surface area contributed by atoms with Gasteiger partial charge in [-0.05, 0) is 43.6 Å². The predicted molar refractivity (Wildman–Crippen MR) is 66.4 cm³/mol. The third-order valence-electron chi connectivity index (χ3n) is 3.01. The van der Waals surface area contributed by atoms with Crippen LogP contribution in [-0.4, -0.2) is 17.3 Å². The van der Waals surface area contributed by atoms with Gasteiger partial charge in [-0.25, -0.2) is 4.98 Å². The van der Waals surface area contributed by atoms with Crippen LogP contribution in [0.2, 0.25) is 0 Å². The highest BCUT2D eigenvalue weighted by Gasteiger charge is 2.20. The molecule has 2 nitrogen and oxygen atoms in total. The molecule has 1 fully saturated rings. The zero-order chi connectivity index (χ0) is 10.7. The minimum Gasteiger partial charge on any atom is -0.381 e. The molecule has 2 rings (SSSR count). The second kappa shape index (κ2) is 4.88. The molecule has 2 unspecified atom stereocenters. The smallest absolute Gasteiger partial charge is 0.0958 e. The average Bonchev–Trinajstić information content (AvgIpc) is 2.65. The summed E-state index contributed by atoms with van der Waals surface area (Å²) >= 11 is 1.68. The highest BCUT2D eigenvalue weighted by atomic mass is 32.2. The van der Waals surface area contributed by atoms with Gasteiger partial charge in [0.05, 0.1) is 16.9 Å². The maximum atomic E-state index is 4.36. The van der Waals surface area contributed by atoms with Crippen LogP contribution in [0.4, 0.5) is 5.69 Å². The number of nitrogens with one attached hydrogen (secondary N) is 1. The summed E-state index contributed by atoms with van der Waals surface area (Å²) in [6.45, 7) is 2.33. The number of rotatable bonds is 3. The molecule has 0 spiro atoms. The van der Waals surface area contributed by atoms with E-state index in [9.17, 15) is 0 Å². The van der Waals surface area contributed by atoms with Gasteiger partial charge in [0.2, 0.25) is 0 Å². The third-order valence-corrected chi connectivity index (χ3v) is 3.67. The summed E-state index contributed by atoms with van der Waals surface area (Å²) in [5, 5.41) is 4.63. The number of anilines is 1. The van der Waals surface area contributed by atoms with Crippen molar-refractivity contribution in [2.24, 2.45) is 5.92 Å². The molecule has 0 radical (unpaired) electrons. The molecule has 1 aromatic rings. The number of hydrogen-bond acceptors (Lipinski definition) is 3. The topological polar surface area (TPSA) is 24.9 Å². The molecule has 1 saturated carbocycles. The average molecular weight is 222 g/mol. The zero-order valence-corrected chi connectivity index (χ0v) is 10.2. The Morgan fingerprint density at radius 1 is 1.40 bits per heavy atom. The van der Waals surface area contributed by atoms with Gasteiger partial charge in [-0.2, -0.15) is 0 Å². The predicted octanol–water partition coefficient (Wildman–Crippen LogP) is 3.40. The monoisotopic (exact) mass is 222 g/mol. The van der Waals surface area contributed by atoms with E-state index in [4.69, 9.17) is 0 Å². The molecule has 0 saturated heterocycles. The molecule has 1 heterocycles. The van der Waals surface area contributed by atoms with E-state index in [0.29, 0.717) is 6.04 Å². The first kappa shape index (κ1) is 10.8. The van der Waals surface area contributed by atoms with Gasteiger partial charge in [0.25, 0.3) is 0 Å². The fourth-order valence-corrected chi connectivity index (χ4v) is 2.52. The lowest BCUT2D eigenvalue weighted by atomic mass is 10.1. The minimum absolute atomic E-state index is 0.655. The van der Waals surface area contributed by atoms with Crippen molar-refractivity contribution < 1.29 is 0 Å². The van der Waals surface area contributed by atoms with Crippen molar-refractivity contribution in [3.8, 4) is 0 Å². The van der Waals surface area contributed by atoms with Gasteiger partial charge in [-0.1, -0.05) is 6.92 Å². The second-order valence-corrected chi connectivity index (χ2v) is 5.18. The van der Waals surface area contributed by atoms with Crippen LogP contribution >= 0.6 is 11.8 Å². The van der Waals surface area contributed by atoms with Crippen molar-refractivity contribution in [1.82, 2.24) is 4.98 Å². The Labute approximate surface area is 95.9 Å². The summed E-state index contributed by atoms with van der Waals surface area (Å²) in [5.74, 6) is 0.876. The van der Waals surface area contributed by atoms with Gasteiger partial charge in [-0.15, -0.1) is 11.8 Å². The SMILES string of the molecule is CSc1ccc(NC2CCC(C)C2)cn1. The van der Waals surface area contributed by atoms with Crippen LogP contribution in [0.5, 0.6) is 0 Å². The van der Waals surface area contributed by atoms with Crippen LogP contribution in [0.25, 0.3) is 0 Å². The molecular formula is C12H18N2S. The molecule has 1 N–H and O–H groups in total. The summed E-state index contributed by atoms with van der Waals surface area (Å²) in [5.41, 5.74) is 1.16. The Bertz CT molecular complexity index is 310. The highest BCUT2D eigenvalue weighted by Crippen LogP contribution is 2.27. The van der Waals surface area contributed by atoms with Crippen LogP contribution in [0.15, 0.2) is 23.4 Å². The fourth-order valence-electron chi connectivity index (χ4n) is 2.16. The lowest BCUT2D eigenvalue weighted by molar-refractivity contribution is 0.602. The van der Waals surface area contributed by atoms with Crippen LogP contribution in [0.1, 0.15) is 26.2 Å². The Hall–Kier alpha value is -0.700. The Morgan fingerprint density at radius 3 is 2.80 bits per heavy atom. The van der Waals surface area contributed by atoms with Crippen molar-refractivity contribution in [2.75, 3.05) is 11.6 Å². The zero-order valence-electron chi connectivity index (χ0n) is 9.36. The largest absolute Gasteiger partial charge is 0.381 e. The van der Waals surface area contributed by atoms with Crippen molar-refractivity contribution in [3.63, 3.8) is 0 Å². The van der Waals surface area contributed by atoms with E-state index >= 15 is 0 Å². The van der Waals surface area contributed by atoms with Gasteiger partial charge in [0.1, 0.15) is 0 Å². The Morgan fingerprint density at radius 2 is 2.27 bits per heavy atom. The van der Waals surface area contributed by atoms with E-state index in [1.54, 1.807) is 11.8 Å². The quantitative estimate of drug-likeness (QED) is 0.793. The first-order valence-electron chi connectivity index (χ1n) is 5.54. The summed E-state index contributed by atoms with van der Waals surface area (Å²) in [4.78, 5) is 4.36. The standard InChI is InChI=1S/C12H18N2S/c1-9-3-4-10(7-9)14-11-5-6-12(15-2)13-8-11/h5-6,8-10,14H,3-4,7H2,1-2H3. The Kier molecular flexibility index (Phi) is 3.52. The molecule has 2 atom stereocenters. The third kappa shape index (κ3) is 2.88. The number of thioether (sulfide) groups is 1. The maximum Gasteiger partial charge on any atom is 0.0958 e. The number of hydrogen-bond donors (Lipinski definition) is 1. The molecule has 0 aromatic carbocycles. The molecule has 0 bridgehead atoms. The lowest BCUT2D eigenvalue weighted by Gasteiger charge is -2.13. The summed E-state index contributed by atoms with van der Waals surface area (Å²) in [6.07, 6.45) is 7.94. The van der Waals surface area contributed by atoms with Crippen molar-refractivity contribution >= 4 is 17.4 Å². The van der Waals surface area contributed by atoms with Gasteiger partial charge >= 0.3 is 0 Å². The van der Waals surface area contributed by atoms with Crippen LogP contribution in [0.3, 0.4) is 0 Å². The van der Waals surface area contributed by atoms with Gasteiger partial charge in [0.15, 0.2) is 0 Å². The van der Waals surface area contributed by atoms with Crippen LogP contribution in [0, 0.1) is 5.92 Å². The molecule has 82 valence electrons. The summed E-state index contributed by atoms with van der Waals surface area (Å²) in [7, 11) is 0. The van der Waals surface area contributed by atoms with Crippen LogP contribution in [-0.2, 0) is 0 Å². The number of aromatic nitrogens is 1. The van der Waals surface area contributed by atoms with Crippen molar-refractivity contribution in [1.29, 1.82) is 0 Å². The molecule has 0 aliphatic heterocycles. The summed E-state index contributed by atoms with van der Waals surface area (Å²) < 4.78 is 0. The molecule has 1 aromatic heterocycles. The molecular weight excluding hydrogens is 204 g/mol. The van der Waals surface area contributed by atoms with Gasteiger partial charge < -0.3 is 5.32 Å². The molecule has 1 aliphatic rings. The molecule has 3 heteroatoms. The normalized spacial score (nSPS) is 25.5. The van der Waals surface area contributed by atoms with Crippen molar-refractivity contribution in [3.05, 3.63) is 18.3 Å². The summed E-state index contributed by atoms with van der Waals surface area (Å²) in [6, 6.07) is 4.86. The van der Waals surface area contributed by atoms with E-state index in [1.165, 1.54) is 19.3 Å². The van der Waals surface area contributed by atoms with Gasteiger partial charge in [-0.3, -0.25) is 0 Å². The van der Waals surface area contributed by atoms with Crippen molar-refractivity contribution in [2.45, 2.75) is 37.3 Å². The molecule has 15 heavy (non-hydrogen) atoms. The first-order chi connectivity index (χ1) is 7.28. The van der Waals surface area contributed by atoms with E-state index in [1.807, 2.05) is 12.5 Å². The maximum absolute atomic E-state index is 4.36. The highest BCUT2D eigenvalue weighted by molar-refractivity contribution is 7.98. The second-order valence-electron chi connectivity index (χ2n) is 4.35. The van der Waals surface area contributed by atoms with E-state index in [-0.39, 0.29) is 0 Å². The van der Waals surface area contributed by atoms with E-state index < -0.39 is 0 Å². The van der Waals surface area contributed by atoms with Crippen LogP contribution < -0.4 is 5.32 Å². The number of nitrogens with zero attached hydrogens (tertiary/aromatic N) is 1. The molecule has 1 aliphatic carbocycles. The molecule has 0 amide bonds. The van der Waals surface area contributed by atoms with E-state index in [0.717, 1.165) is 16.6 Å². The fraction of sp³-hybridized carbons (Fsp3) is 0.583. The van der Waals surface area contributed by atoms with E-state index in [2.05, 4.69) is 29.4 Å². The first-order valence-corrected chi connectivity index (χ1v) is 6.77. The number of pyridine rings is 1. The lowest BCUT2D eigenvalue weighted by Crippen LogP contribution is -2.15. The Balaban J connectivity index is 1.93.